The van der Waals surface area contributed by atoms with Gasteiger partial charge in [0.25, 0.3) is 5.91 Å². The number of amides is 1. The number of rotatable bonds is 7. The van der Waals surface area contributed by atoms with Gasteiger partial charge in [0.2, 0.25) is 0 Å². The lowest BCUT2D eigenvalue weighted by Gasteiger charge is -2.32. The Labute approximate surface area is 188 Å². The minimum absolute atomic E-state index is 0.129. The van der Waals surface area contributed by atoms with E-state index in [1.54, 1.807) is 13.0 Å². The number of nitrogens with zero attached hydrogens (tertiary/aromatic N) is 1. The Bertz CT molecular complexity index is 1120. The molecule has 2 aromatic carbocycles. The molecule has 1 amide bonds. The van der Waals surface area contributed by atoms with Crippen molar-refractivity contribution in [3.63, 3.8) is 0 Å². The number of nitrogens with one attached hydrogen (secondary N) is 1. The molecule has 1 atom stereocenters. The number of ether oxygens (including phenoxy) is 1. The standard InChI is InChI=1S/C26H30N2O4/c1-3-20-15-25(29)32-24-16-22(9-10-23(20)24)31-18(2)26(30)27-21-11-13-28(14-12-21)17-19-7-5-4-6-8-19/h4-10,15-16,18,21H,3,11-14,17H2,1-2H3,(H,27,30). The fraction of sp³-hybridized carbons (Fsp3) is 0.385. The Morgan fingerprint density at radius 2 is 1.91 bits per heavy atom. The van der Waals surface area contributed by atoms with Crippen LogP contribution in [-0.2, 0) is 17.8 Å². The molecule has 2 heterocycles. The van der Waals surface area contributed by atoms with Crippen LogP contribution in [0.2, 0.25) is 0 Å². The molecule has 1 N–H and O–H groups in total. The van der Waals surface area contributed by atoms with Crippen LogP contribution in [0.1, 0.15) is 37.8 Å². The highest BCUT2D eigenvalue weighted by Gasteiger charge is 2.23. The van der Waals surface area contributed by atoms with Crippen LogP contribution in [0.15, 0.2) is 63.8 Å². The average Bonchev–Trinajstić information content (AvgIpc) is 2.80. The molecule has 1 aromatic heterocycles. The molecule has 32 heavy (non-hydrogen) atoms. The molecule has 1 aliphatic heterocycles. The predicted octanol–water partition coefficient (Wildman–Crippen LogP) is 3.90. The van der Waals surface area contributed by atoms with Crippen molar-refractivity contribution >= 4 is 16.9 Å². The first-order valence-electron chi connectivity index (χ1n) is 11.3. The summed E-state index contributed by atoms with van der Waals surface area (Å²) in [5, 5.41) is 4.01. The second-order valence-electron chi connectivity index (χ2n) is 8.41. The number of hydrogen-bond donors (Lipinski definition) is 1. The zero-order chi connectivity index (χ0) is 22.5. The van der Waals surface area contributed by atoms with Crippen molar-refractivity contribution in [3.05, 3.63) is 76.1 Å². The second-order valence-corrected chi connectivity index (χ2v) is 8.41. The molecule has 1 aliphatic rings. The van der Waals surface area contributed by atoms with E-state index in [9.17, 15) is 9.59 Å². The maximum absolute atomic E-state index is 12.7. The number of piperidine rings is 1. The van der Waals surface area contributed by atoms with E-state index in [-0.39, 0.29) is 17.6 Å². The van der Waals surface area contributed by atoms with Crippen molar-refractivity contribution in [2.75, 3.05) is 13.1 Å². The maximum Gasteiger partial charge on any atom is 0.336 e. The molecule has 1 saturated heterocycles. The van der Waals surface area contributed by atoms with E-state index in [0.29, 0.717) is 11.3 Å². The quantitative estimate of drug-likeness (QED) is 0.571. The van der Waals surface area contributed by atoms with Gasteiger partial charge in [0, 0.05) is 43.2 Å². The van der Waals surface area contributed by atoms with Crippen LogP contribution in [-0.4, -0.2) is 36.0 Å². The normalized spacial score (nSPS) is 16.1. The molecule has 0 saturated carbocycles. The Kier molecular flexibility index (Phi) is 6.90. The van der Waals surface area contributed by atoms with Crippen LogP contribution in [0.5, 0.6) is 5.75 Å². The van der Waals surface area contributed by atoms with Crippen LogP contribution in [0.25, 0.3) is 11.0 Å². The molecule has 0 spiro atoms. The van der Waals surface area contributed by atoms with Crippen molar-refractivity contribution in [2.45, 2.75) is 51.8 Å². The van der Waals surface area contributed by atoms with Crippen molar-refractivity contribution in [3.8, 4) is 5.75 Å². The highest BCUT2D eigenvalue weighted by molar-refractivity contribution is 5.83. The summed E-state index contributed by atoms with van der Waals surface area (Å²) in [6.07, 6.45) is 1.94. The number of carbonyl (C=O) groups excluding carboxylic acids is 1. The molecular weight excluding hydrogens is 404 g/mol. The molecule has 1 unspecified atom stereocenters. The van der Waals surface area contributed by atoms with E-state index in [2.05, 4.69) is 34.5 Å². The minimum atomic E-state index is -0.643. The molecule has 4 rings (SSSR count). The Hall–Kier alpha value is -3.12. The van der Waals surface area contributed by atoms with Crippen molar-refractivity contribution < 1.29 is 13.9 Å². The van der Waals surface area contributed by atoms with Gasteiger partial charge < -0.3 is 14.5 Å². The lowest BCUT2D eigenvalue weighted by molar-refractivity contribution is -0.128. The monoisotopic (exact) mass is 434 g/mol. The molecule has 0 radical (unpaired) electrons. The summed E-state index contributed by atoms with van der Waals surface area (Å²) in [7, 11) is 0. The van der Waals surface area contributed by atoms with Crippen LogP contribution >= 0.6 is 0 Å². The third kappa shape index (κ3) is 5.37. The van der Waals surface area contributed by atoms with E-state index in [0.717, 1.165) is 49.8 Å². The topological polar surface area (TPSA) is 71.8 Å². The number of aryl methyl sites for hydroxylation is 1. The number of fused-ring (bicyclic) bond motifs is 1. The van der Waals surface area contributed by atoms with Crippen LogP contribution < -0.4 is 15.7 Å². The minimum Gasteiger partial charge on any atom is -0.481 e. The number of carbonyl (C=O) groups is 1. The summed E-state index contributed by atoms with van der Waals surface area (Å²) >= 11 is 0. The third-order valence-electron chi connectivity index (χ3n) is 6.05. The highest BCUT2D eigenvalue weighted by atomic mass is 16.5. The highest BCUT2D eigenvalue weighted by Crippen LogP contribution is 2.24. The number of hydrogen-bond acceptors (Lipinski definition) is 5. The van der Waals surface area contributed by atoms with E-state index >= 15 is 0 Å². The van der Waals surface area contributed by atoms with E-state index in [4.69, 9.17) is 9.15 Å². The molecule has 0 bridgehead atoms. The maximum atomic E-state index is 12.7. The van der Waals surface area contributed by atoms with Gasteiger partial charge >= 0.3 is 5.63 Å². The van der Waals surface area contributed by atoms with Gasteiger partial charge in [-0.25, -0.2) is 4.79 Å². The summed E-state index contributed by atoms with van der Waals surface area (Å²) in [5.41, 5.74) is 2.35. The molecule has 168 valence electrons. The fourth-order valence-electron chi connectivity index (χ4n) is 4.23. The first-order chi connectivity index (χ1) is 15.5. The largest absolute Gasteiger partial charge is 0.481 e. The average molecular weight is 435 g/mol. The summed E-state index contributed by atoms with van der Waals surface area (Å²) in [6.45, 7) is 6.59. The molecule has 3 aromatic rings. The van der Waals surface area contributed by atoms with Gasteiger partial charge in [-0.15, -0.1) is 0 Å². The molecule has 6 heteroatoms. The lowest BCUT2D eigenvalue weighted by atomic mass is 10.0. The van der Waals surface area contributed by atoms with E-state index in [1.807, 2.05) is 25.1 Å². The SMILES string of the molecule is CCc1cc(=O)oc2cc(OC(C)C(=O)NC3CCN(Cc4ccccc4)CC3)ccc12. The third-order valence-corrected chi connectivity index (χ3v) is 6.05. The van der Waals surface area contributed by atoms with Gasteiger partial charge in [0.15, 0.2) is 6.10 Å². The van der Waals surface area contributed by atoms with Gasteiger partial charge in [-0.3, -0.25) is 9.69 Å². The first kappa shape index (κ1) is 22.1. The van der Waals surface area contributed by atoms with Crippen LogP contribution in [0.3, 0.4) is 0 Å². The van der Waals surface area contributed by atoms with Crippen molar-refractivity contribution in [1.82, 2.24) is 10.2 Å². The first-order valence-corrected chi connectivity index (χ1v) is 11.3. The number of likely N-dealkylation sites (tertiary alicyclic amines) is 1. The Balaban J connectivity index is 1.30. The molecule has 1 fully saturated rings. The van der Waals surface area contributed by atoms with E-state index in [1.165, 1.54) is 11.6 Å². The zero-order valence-corrected chi connectivity index (χ0v) is 18.7. The fourth-order valence-corrected chi connectivity index (χ4v) is 4.23. The number of benzene rings is 2. The lowest BCUT2D eigenvalue weighted by Crippen LogP contribution is -2.47. The van der Waals surface area contributed by atoms with Crippen LogP contribution in [0, 0.1) is 0 Å². The molecular formula is C26H30N2O4. The zero-order valence-electron chi connectivity index (χ0n) is 18.7. The Morgan fingerprint density at radius 3 is 2.62 bits per heavy atom. The van der Waals surface area contributed by atoms with Gasteiger partial charge in [0.05, 0.1) is 0 Å². The van der Waals surface area contributed by atoms with E-state index < -0.39 is 6.10 Å². The molecule has 0 aliphatic carbocycles. The van der Waals surface area contributed by atoms with Gasteiger partial charge in [-0.2, -0.15) is 0 Å². The Morgan fingerprint density at radius 1 is 1.16 bits per heavy atom. The van der Waals surface area contributed by atoms with Crippen LogP contribution in [0.4, 0.5) is 0 Å². The predicted molar refractivity (Wildman–Crippen MR) is 125 cm³/mol. The smallest absolute Gasteiger partial charge is 0.336 e. The van der Waals surface area contributed by atoms with Crippen molar-refractivity contribution in [2.24, 2.45) is 0 Å². The van der Waals surface area contributed by atoms with Crippen molar-refractivity contribution in [1.29, 1.82) is 0 Å². The summed E-state index contributed by atoms with van der Waals surface area (Å²) in [5.74, 6) is 0.379. The summed E-state index contributed by atoms with van der Waals surface area (Å²) in [4.78, 5) is 26.9. The van der Waals surface area contributed by atoms with Gasteiger partial charge in [0.1, 0.15) is 11.3 Å². The van der Waals surface area contributed by atoms with Gasteiger partial charge in [-0.1, -0.05) is 37.3 Å². The molecule has 6 nitrogen and oxygen atoms in total. The second kappa shape index (κ2) is 10.0. The van der Waals surface area contributed by atoms with Gasteiger partial charge in [-0.05, 0) is 49.4 Å². The summed E-state index contributed by atoms with van der Waals surface area (Å²) in [6, 6.07) is 17.5. The summed E-state index contributed by atoms with van der Waals surface area (Å²) < 4.78 is 11.2.